The van der Waals surface area contributed by atoms with E-state index in [4.69, 9.17) is 18.9 Å². The van der Waals surface area contributed by atoms with E-state index < -0.39 is 54.3 Å². The van der Waals surface area contributed by atoms with Crippen LogP contribution in [0.1, 0.15) is 158 Å². The molecule has 2 amide bonds. The van der Waals surface area contributed by atoms with Crippen molar-refractivity contribution < 1.29 is 47.2 Å². The molecular formula is C51H78F2N4O9. The van der Waals surface area contributed by atoms with Crippen LogP contribution in [0.5, 0.6) is 0 Å². The van der Waals surface area contributed by atoms with E-state index in [1.165, 1.54) is 51.4 Å². The second-order valence-corrected chi connectivity index (χ2v) is 23.0. The fraction of sp³-hybridized carbons (Fsp3) is 0.824. The number of esters is 1. The van der Waals surface area contributed by atoms with Gasteiger partial charge in [0.1, 0.15) is 24.1 Å². The normalized spacial score (nSPS) is 35.4. The molecule has 1 saturated heterocycles. The number of carbonyl (C=O) groups excluding carboxylic acids is 3. The van der Waals surface area contributed by atoms with E-state index in [2.05, 4.69) is 63.2 Å². The molecule has 13 nitrogen and oxygen atoms in total. The molecule has 5 aliphatic carbocycles. The van der Waals surface area contributed by atoms with E-state index in [1.807, 2.05) is 0 Å². The fourth-order valence-electron chi connectivity index (χ4n) is 13.1. The van der Waals surface area contributed by atoms with Crippen LogP contribution in [0.4, 0.5) is 19.4 Å². The molecule has 1 aromatic heterocycles. The van der Waals surface area contributed by atoms with Crippen LogP contribution in [0, 0.1) is 58.2 Å². The van der Waals surface area contributed by atoms with Crippen molar-refractivity contribution in [2.45, 2.75) is 194 Å². The molecule has 3 N–H and O–H groups in total. The first kappa shape index (κ1) is 50.4. The number of carbonyl (C=O) groups is 3. The monoisotopic (exact) mass is 929 g/mol. The van der Waals surface area contributed by atoms with Crippen molar-refractivity contribution in [2.75, 3.05) is 18.5 Å². The third kappa shape index (κ3) is 11.0. The van der Waals surface area contributed by atoms with Crippen molar-refractivity contribution in [3.63, 3.8) is 0 Å². The van der Waals surface area contributed by atoms with Gasteiger partial charge in [-0.05, 0) is 143 Å². The summed E-state index contributed by atoms with van der Waals surface area (Å²) < 4.78 is 53.2. The summed E-state index contributed by atoms with van der Waals surface area (Å²) in [4.78, 5) is 54.3. The summed E-state index contributed by atoms with van der Waals surface area (Å²) in [5.74, 6) is 0.122. The highest BCUT2D eigenvalue weighted by molar-refractivity contribution is 5.83. The summed E-state index contributed by atoms with van der Waals surface area (Å²) in [5, 5.41) is 15.8. The number of halogens is 2. The van der Waals surface area contributed by atoms with E-state index in [9.17, 15) is 24.3 Å². The molecule has 0 bridgehead atoms. The van der Waals surface area contributed by atoms with Gasteiger partial charge in [-0.3, -0.25) is 19.5 Å². The van der Waals surface area contributed by atoms with Crippen molar-refractivity contribution in [3.8, 4) is 0 Å². The van der Waals surface area contributed by atoms with Crippen LogP contribution < -0.4 is 16.3 Å². The third-order valence-corrected chi connectivity index (χ3v) is 16.9. The zero-order valence-corrected chi connectivity index (χ0v) is 40.9. The lowest BCUT2D eigenvalue weighted by Gasteiger charge is -2.58. The minimum Gasteiger partial charge on any atom is -0.463 e. The number of fused-ring (bicyclic) bond motifs is 5. The molecule has 8 unspecified atom stereocenters. The minimum atomic E-state index is -3.96. The maximum atomic E-state index is 15.2. The van der Waals surface area contributed by atoms with Gasteiger partial charge in [-0.15, -0.1) is 0 Å². The van der Waals surface area contributed by atoms with Crippen LogP contribution in [0.15, 0.2) is 28.7 Å². The first-order valence-corrected chi connectivity index (χ1v) is 25.1. The molecule has 4 saturated carbocycles. The van der Waals surface area contributed by atoms with Crippen molar-refractivity contribution in [1.82, 2.24) is 14.9 Å². The van der Waals surface area contributed by atoms with Crippen LogP contribution in [0.3, 0.4) is 0 Å². The topological polar surface area (TPSA) is 167 Å². The molecule has 1 aliphatic heterocycles. The molecule has 6 aliphatic rings. The minimum absolute atomic E-state index is 0.0938. The van der Waals surface area contributed by atoms with Gasteiger partial charge in [-0.2, -0.15) is 13.8 Å². The van der Waals surface area contributed by atoms with E-state index in [0.717, 1.165) is 73.5 Å². The van der Waals surface area contributed by atoms with E-state index in [-0.39, 0.29) is 48.0 Å². The highest BCUT2D eigenvalue weighted by Gasteiger charge is 2.61. The highest BCUT2D eigenvalue weighted by Crippen LogP contribution is 2.67. The lowest BCUT2D eigenvalue weighted by molar-refractivity contribution is -0.151. The van der Waals surface area contributed by atoms with Gasteiger partial charge in [0.05, 0.1) is 25.2 Å². The van der Waals surface area contributed by atoms with Crippen LogP contribution >= 0.6 is 0 Å². The molecule has 5 fully saturated rings. The molecule has 14 atom stereocenters. The smallest absolute Gasteiger partial charge is 0.413 e. The Hall–Kier alpha value is -3.43. The number of nitrogens with zero attached hydrogens (tertiary/aromatic N) is 2. The average Bonchev–Trinajstić information content (AvgIpc) is 3.78. The molecule has 0 radical (unpaired) electrons. The number of alkyl halides is 2. The number of aliphatic hydroxyl groups excluding tert-OH is 1. The molecule has 15 heteroatoms. The summed E-state index contributed by atoms with van der Waals surface area (Å²) in [7, 11) is 0. The number of rotatable bonds is 17. The van der Waals surface area contributed by atoms with Crippen LogP contribution in [-0.2, 0) is 28.5 Å². The molecular weight excluding hydrogens is 851 g/mol. The Bertz CT molecular complexity index is 2000. The van der Waals surface area contributed by atoms with E-state index >= 15 is 8.78 Å². The van der Waals surface area contributed by atoms with E-state index in [0.29, 0.717) is 22.5 Å². The summed E-state index contributed by atoms with van der Waals surface area (Å²) in [6, 6.07) is 0.912. The Balaban J connectivity index is 0.859. The van der Waals surface area contributed by atoms with E-state index in [1.54, 1.807) is 26.3 Å². The fourth-order valence-corrected chi connectivity index (χ4v) is 13.1. The first-order chi connectivity index (χ1) is 31.0. The third-order valence-electron chi connectivity index (χ3n) is 16.9. The zero-order chi connectivity index (χ0) is 47.9. The summed E-state index contributed by atoms with van der Waals surface area (Å²) in [6.07, 6.45) is 10.6. The number of hydrogen-bond donors (Lipinski definition) is 3. The number of anilines is 1. The molecule has 66 heavy (non-hydrogen) atoms. The van der Waals surface area contributed by atoms with Gasteiger partial charge in [-0.25, -0.2) is 9.59 Å². The Morgan fingerprint density at radius 2 is 1.79 bits per heavy atom. The quantitative estimate of drug-likeness (QED) is 0.101. The van der Waals surface area contributed by atoms with Crippen molar-refractivity contribution in [2.24, 2.45) is 58.2 Å². The number of allylic oxidation sites excluding steroid dienone is 1. The predicted octanol–water partition coefficient (Wildman–Crippen LogP) is 9.37. The molecule has 370 valence electrons. The van der Waals surface area contributed by atoms with Gasteiger partial charge in [0.2, 0.25) is 12.1 Å². The molecule has 0 spiro atoms. The molecule has 1 aromatic rings. The van der Waals surface area contributed by atoms with Crippen molar-refractivity contribution >= 4 is 23.8 Å². The molecule has 7 rings (SSSR count). The lowest BCUT2D eigenvalue weighted by atomic mass is 9.47. The standard InChI is InChI=1S/C51H78F2N4O9/c1-29(2)11-10-12-30(3)36-15-16-37-34-14-13-32-26-33(19-22-49(32,8)38(34)20-23-50(36,37)9)63-27-39(35-25-31(35)4)54-42(58)17-18-43(59)64-28-40-44(60)51(52,53)45(65-40)57-24-21-41(55-46(57)61)56-47(62)66-48(5,6)7/h13,21,24,29-31,33-40,44-45,60H,10-12,14-20,22-23,25-28H2,1-9H3,(H,54,58)(H,55,56,61,62)/t30-,31?,33+,34?,35+,36-,37?,38?,39?,40?,44?,45?,49+,50-/m1/s1. The Morgan fingerprint density at radius 3 is 2.47 bits per heavy atom. The Morgan fingerprint density at radius 1 is 1.05 bits per heavy atom. The van der Waals surface area contributed by atoms with Gasteiger partial charge in [0.25, 0.3) is 0 Å². The largest absolute Gasteiger partial charge is 0.463 e. The lowest BCUT2D eigenvalue weighted by Crippen LogP contribution is -2.51. The maximum Gasteiger partial charge on any atom is 0.413 e. The summed E-state index contributed by atoms with van der Waals surface area (Å²) in [5.41, 5.74) is 0.241. The number of nitrogens with one attached hydrogen (secondary N) is 2. The van der Waals surface area contributed by atoms with Crippen molar-refractivity contribution in [3.05, 3.63) is 34.4 Å². The van der Waals surface area contributed by atoms with Crippen molar-refractivity contribution in [1.29, 1.82) is 0 Å². The highest BCUT2D eigenvalue weighted by atomic mass is 19.3. The number of hydrogen-bond acceptors (Lipinski definition) is 10. The summed E-state index contributed by atoms with van der Waals surface area (Å²) in [6.45, 7) is 19.2. The van der Waals surface area contributed by atoms with Gasteiger partial charge in [-0.1, -0.05) is 72.5 Å². The number of amides is 2. The second kappa shape index (κ2) is 19.9. The van der Waals surface area contributed by atoms with Crippen LogP contribution in [0.25, 0.3) is 0 Å². The zero-order valence-electron chi connectivity index (χ0n) is 40.9. The molecule has 2 heterocycles. The summed E-state index contributed by atoms with van der Waals surface area (Å²) >= 11 is 0. The predicted molar refractivity (Wildman–Crippen MR) is 245 cm³/mol. The maximum absolute atomic E-state index is 15.2. The first-order valence-electron chi connectivity index (χ1n) is 25.1. The van der Waals surface area contributed by atoms with Gasteiger partial charge >= 0.3 is 23.7 Å². The van der Waals surface area contributed by atoms with Crippen LogP contribution in [0.2, 0.25) is 0 Å². The SMILES string of the molecule is CC(C)CCC[C@@H](C)[C@H]1CCC2C3CC=C4C[C@@H](OCC(NC(=O)CCC(=O)OCC5OC(n6ccc(NC(=O)OC(C)(C)C)nc6=O)C(F)(F)C5O)[C@H]5CC5C)CC[C@]4(C)C3CC[C@@]21C. The number of aromatic nitrogens is 2. The van der Waals surface area contributed by atoms with Gasteiger partial charge in [0.15, 0.2) is 6.10 Å². The average molecular weight is 929 g/mol. The Kier molecular flexibility index (Phi) is 15.2. The number of aliphatic hydroxyl groups is 1. The number of ether oxygens (including phenoxy) is 4. The molecule has 0 aromatic carbocycles. The van der Waals surface area contributed by atoms with Crippen LogP contribution in [-0.4, -0.2) is 81.7 Å². The van der Waals surface area contributed by atoms with Gasteiger partial charge in [0, 0.05) is 12.6 Å². The van der Waals surface area contributed by atoms with Gasteiger partial charge < -0.3 is 29.4 Å². The second-order valence-electron chi connectivity index (χ2n) is 23.0. The Labute approximate surface area is 390 Å².